The first-order valence-electron chi connectivity index (χ1n) is 17.3. The summed E-state index contributed by atoms with van der Waals surface area (Å²) in [5.74, 6) is -1.14. The summed E-state index contributed by atoms with van der Waals surface area (Å²) < 4.78 is 44.8. The van der Waals surface area contributed by atoms with Crippen LogP contribution in [0.15, 0.2) is 112 Å². The van der Waals surface area contributed by atoms with Crippen molar-refractivity contribution in [1.29, 1.82) is 0 Å². The third-order valence-corrected chi connectivity index (χ3v) is 10.2. The van der Waals surface area contributed by atoms with E-state index in [4.69, 9.17) is 14.3 Å². The normalized spacial score (nSPS) is 13.4. The van der Waals surface area contributed by atoms with Crippen molar-refractivity contribution in [3.8, 4) is 22.5 Å². The average Bonchev–Trinajstić information content (AvgIpc) is 3.65. The zero-order chi connectivity index (χ0) is 35.4. The van der Waals surface area contributed by atoms with E-state index in [1.165, 1.54) is 11.4 Å². The maximum atomic E-state index is 8.58. The van der Waals surface area contributed by atoms with Gasteiger partial charge in [-0.2, -0.15) is 0 Å². The van der Waals surface area contributed by atoms with E-state index in [-0.39, 0.29) is 25.7 Å². The van der Waals surface area contributed by atoms with Crippen molar-refractivity contribution in [1.82, 2.24) is 9.97 Å². The molecule has 0 bridgehead atoms. The van der Waals surface area contributed by atoms with Crippen molar-refractivity contribution in [2.24, 2.45) is 0 Å². The van der Waals surface area contributed by atoms with Gasteiger partial charge in [0.25, 0.3) is 0 Å². The molecule has 0 aliphatic rings. The molecule has 237 valence electrons. The van der Waals surface area contributed by atoms with Gasteiger partial charge in [0.15, 0.2) is 0 Å². The van der Waals surface area contributed by atoms with Crippen molar-refractivity contribution in [3.63, 3.8) is 0 Å². The van der Waals surface area contributed by atoms with E-state index in [0.29, 0.717) is 28.0 Å². The third-order valence-electron chi connectivity index (χ3n) is 8.22. The minimum Gasteiger partial charge on any atom is -0.501 e. The Bertz CT molecular complexity index is 2500. The Morgan fingerprint density at radius 1 is 0.787 bits per heavy atom. The van der Waals surface area contributed by atoms with Gasteiger partial charge in [-0.15, -0.1) is 35.9 Å². The molecule has 0 spiro atoms. The van der Waals surface area contributed by atoms with Crippen LogP contribution in [0.25, 0.3) is 66.4 Å². The molecule has 0 unspecified atom stereocenters. The molecule has 0 saturated heterocycles. The summed E-state index contributed by atoms with van der Waals surface area (Å²) in [6.07, 6.45) is 3.36. The molecule has 0 amide bonds. The van der Waals surface area contributed by atoms with Crippen LogP contribution in [0.2, 0.25) is 19.6 Å². The number of fused-ring (bicyclic) bond motifs is 7. The molecular weight excluding hydrogens is 773 g/mol. The minimum absolute atomic E-state index is 0. The summed E-state index contributed by atoms with van der Waals surface area (Å²) in [4.78, 5) is 9.01. The van der Waals surface area contributed by atoms with Gasteiger partial charge in [-0.05, 0) is 68.7 Å². The van der Waals surface area contributed by atoms with E-state index >= 15 is 0 Å². The van der Waals surface area contributed by atoms with Gasteiger partial charge in [0.05, 0.1) is 19.2 Å². The van der Waals surface area contributed by atoms with Crippen LogP contribution >= 0.6 is 0 Å². The summed E-state index contributed by atoms with van der Waals surface area (Å²) in [7, 11) is -1.23. The van der Waals surface area contributed by atoms with Gasteiger partial charge in [0.2, 0.25) is 0 Å². The molecule has 8 rings (SSSR count). The molecule has 4 aromatic heterocycles. The fourth-order valence-electron chi connectivity index (χ4n) is 5.76. The van der Waals surface area contributed by atoms with Crippen LogP contribution in [-0.2, 0) is 20.1 Å². The number of hydrogen-bond acceptors (Lipinski definition) is 4. The van der Waals surface area contributed by atoms with Crippen LogP contribution in [0, 0.1) is 19.0 Å². The Morgan fingerprint density at radius 2 is 1.47 bits per heavy atom. The quantitative estimate of drug-likeness (QED) is 0.131. The van der Waals surface area contributed by atoms with Crippen LogP contribution in [0.5, 0.6) is 0 Å². The van der Waals surface area contributed by atoms with E-state index in [0.717, 1.165) is 44.0 Å². The van der Waals surface area contributed by atoms with Crippen molar-refractivity contribution in [2.75, 3.05) is 0 Å². The van der Waals surface area contributed by atoms with Gasteiger partial charge in [0, 0.05) is 43.4 Å². The van der Waals surface area contributed by atoms with Crippen molar-refractivity contribution >= 4 is 57.1 Å². The number of furan rings is 2. The number of hydrogen-bond donors (Lipinski definition) is 0. The van der Waals surface area contributed by atoms with E-state index in [1.807, 2.05) is 79.0 Å². The average molecular weight is 813 g/mol. The van der Waals surface area contributed by atoms with Gasteiger partial charge in [-0.3, -0.25) is 0 Å². The number of aryl methyl sites for hydroxylation is 1. The molecule has 0 aliphatic heterocycles. The molecule has 1 radical (unpaired) electrons. The predicted octanol–water partition coefficient (Wildman–Crippen LogP) is 10.9. The Kier molecular flexibility index (Phi) is 7.69. The fraction of sp³-hybridized carbons (Fsp3) is 0.171. The zero-order valence-electron chi connectivity index (χ0n) is 30.9. The van der Waals surface area contributed by atoms with E-state index in [9.17, 15) is 0 Å². The van der Waals surface area contributed by atoms with E-state index < -0.39 is 20.8 Å². The number of benzene rings is 4. The summed E-state index contributed by atoms with van der Waals surface area (Å²) >= 11 is 0. The number of rotatable bonds is 4. The second-order valence-electron chi connectivity index (χ2n) is 12.7. The predicted molar refractivity (Wildman–Crippen MR) is 193 cm³/mol. The molecule has 6 heteroatoms. The first-order chi connectivity index (χ1) is 23.7. The Balaban J connectivity index is 0.000000222. The smallest absolute Gasteiger partial charge is 0.123 e. The molecule has 4 aromatic carbocycles. The van der Waals surface area contributed by atoms with E-state index in [1.54, 1.807) is 19.9 Å². The SMILES string of the molecule is C[Si](C)(C)c1ccc(-c2[c-]cccc2)nc1.[2H]C([2H])([2H])c1cnc(-c2[c-]c3oc4ccccc4c3c3c2oc2ccccc23)cc1C([2H])(C)C.[Ir]. The van der Waals surface area contributed by atoms with Crippen LogP contribution in [-0.4, -0.2) is 18.0 Å². The first kappa shape index (κ1) is 27.7. The molecular formula is C41H36IrN2O2Si-2. The van der Waals surface area contributed by atoms with Crippen molar-refractivity contribution in [3.05, 3.63) is 127 Å². The van der Waals surface area contributed by atoms with Gasteiger partial charge in [-0.1, -0.05) is 99.7 Å². The first-order valence-corrected chi connectivity index (χ1v) is 18.8. The van der Waals surface area contributed by atoms with Crippen LogP contribution in [0.1, 0.15) is 36.4 Å². The topological polar surface area (TPSA) is 52.1 Å². The van der Waals surface area contributed by atoms with Crippen LogP contribution in [0.3, 0.4) is 0 Å². The molecule has 0 atom stereocenters. The summed E-state index contributed by atoms with van der Waals surface area (Å²) in [6.45, 7) is 7.96. The minimum atomic E-state index is -2.37. The van der Waals surface area contributed by atoms with Gasteiger partial charge in [-0.25, -0.2) is 0 Å². The molecule has 47 heavy (non-hydrogen) atoms. The maximum Gasteiger partial charge on any atom is 0.123 e. The molecule has 0 saturated carbocycles. The molecule has 4 heterocycles. The molecule has 4 nitrogen and oxygen atoms in total. The molecule has 8 aromatic rings. The Morgan fingerprint density at radius 3 is 2.11 bits per heavy atom. The Hall–Kier alpha value is -4.35. The third kappa shape index (κ3) is 6.21. The number of para-hydroxylation sites is 2. The summed E-state index contributed by atoms with van der Waals surface area (Å²) in [5, 5.41) is 5.13. The number of nitrogens with zero attached hydrogens (tertiary/aromatic N) is 2. The largest absolute Gasteiger partial charge is 0.501 e. The maximum absolute atomic E-state index is 8.58. The van der Waals surface area contributed by atoms with Gasteiger partial charge < -0.3 is 18.8 Å². The second kappa shape index (κ2) is 13.0. The van der Waals surface area contributed by atoms with Crippen LogP contribution < -0.4 is 5.19 Å². The zero-order valence-corrected chi connectivity index (χ0v) is 30.3. The Labute approximate surface area is 295 Å². The molecule has 0 fully saturated rings. The second-order valence-corrected chi connectivity index (χ2v) is 17.8. The standard InChI is InChI=1S/C27H20NO2.C14H16NSi.Ir/c1-15(2)19-12-21(28-14-16(19)3)20-13-24-25(17-8-4-6-10-22(17)29-24)26-18-9-5-7-11-23(18)30-27(20)26;1-16(2,3)13-9-10-14(15-11-13)12-7-5-4-6-8-12;/h4-12,14-15H,1-3H3;4-7,9-11H,1-3H3;/q2*-1;/i3D3,15D;;. The fourth-order valence-corrected chi connectivity index (χ4v) is 6.79. The van der Waals surface area contributed by atoms with Gasteiger partial charge >= 0.3 is 0 Å². The van der Waals surface area contributed by atoms with Gasteiger partial charge in [0.1, 0.15) is 11.2 Å². The van der Waals surface area contributed by atoms with Crippen LogP contribution in [0.4, 0.5) is 0 Å². The summed E-state index contributed by atoms with van der Waals surface area (Å²) in [5.41, 5.74) is 6.22. The van der Waals surface area contributed by atoms with E-state index in [2.05, 4.69) is 53.9 Å². The van der Waals surface area contributed by atoms with Crippen molar-refractivity contribution < 1.29 is 34.4 Å². The molecule has 0 aliphatic carbocycles. The molecule has 0 N–H and O–H groups in total. The number of aromatic nitrogens is 2. The number of pyridine rings is 2. The van der Waals surface area contributed by atoms with Crippen molar-refractivity contribution in [2.45, 2.75) is 46.2 Å². The summed E-state index contributed by atoms with van der Waals surface area (Å²) in [6, 6.07) is 36.1. The monoisotopic (exact) mass is 813 g/mol.